The molecule has 104 valence electrons. The average Bonchev–Trinajstić information content (AvgIpc) is 2.73. The van der Waals surface area contributed by atoms with Crippen molar-refractivity contribution in [3.8, 4) is 0 Å². The van der Waals surface area contributed by atoms with E-state index in [-0.39, 0.29) is 11.9 Å². The molecule has 1 amide bonds. The highest BCUT2D eigenvalue weighted by Crippen LogP contribution is 2.40. The van der Waals surface area contributed by atoms with Crippen molar-refractivity contribution in [3.05, 3.63) is 16.0 Å². The second-order valence-corrected chi connectivity index (χ2v) is 6.00. The van der Waals surface area contributed by atoms with E-state index < -0.39 is 0 Å². The normalized spacial score (nSPS) is 17.7. The van der Waals surface area contributed by atoms with Crippen LogP contribution in [0.1, 0.15) is 47.5 Å². The Morgan fingerprint density at radius 3 is 2.79 bits per heavy atom. The summed E-state index contributed by atoms with van der Waals surface area (Å²) in [5.74, 6) is 0.175. The number of hydrogen-bond donors (Lipinski definition) is 1. The highest BCUT2D eigenvalue weighted by molar-refractivity contribution is 7.17. The van der Waals surface area contributed by atoms with Crippen molar-refractivity contribution >= 4 is 28.2 Å². The maximum Gasteiger partial charge on any atom is 0.341 e. The molecule has 0 bridgehead atoms. The second kappa shape index (κ2) is 5.74. The Balaban J connectivity index is 2.41. The summed E-state index contributed by atoms with van der Waals surface area (Å²) in [7, 11) is 1.38. The topological polar surface area (TPSA) is 55.4 Å². The van der Waals surface area contributed by atoms with Gasteiger partial charge in [0.2, 0.25) is 5.91 Å². The molecular formula is C14H19NO3S. The Morgan fingerprint density at radius 2 is 2.21 bits per heavy atom. The summed E-state index contributed by atoms with van der Waals surface area (Å²) in [5.41, 5.74) is 1.64. The largest absolute Gasteiger partial charge is 0.465 e. The minimum absolute atomic E-state index is 0.157. The molecule has 1 aromatic rings. The molecule has 0 saturated heterocycles. The summed E-state index contributed by atoms with van der Waals surface area (Å²) in [5, 5.41) is 3.40. The molecule has 1 aliphatic carbocycles. The Labute approximate surface area is 117 Å². The molecule has 0 fully saturated rings. The van der Waals surface area contributed by atoms with E-state index in [1.54, 1.807) is 0 Å². The number of nitrogens with one attached hydrogen (secondary N) is 1. The molecular weight excluding hydrogens is 262 g/mol. The Kier molecular flexibility index (Phi) is 4.24. The van der Waals surface area contributed by atoms with Crippen molar-refractivity contribution in [2.24, 2.45) is 5.92 Å². The fourth-order valence-corrected chi connectivity index (χ4v) is 3.96. The predicted molar refractivity (Wildman–Crippen MR) is 75.8 cm³/mol. The number of esters is 1. The Hall–Kier alpha value is -1.36. The van der Waals surface area contributed by atoms with Gasteiger partial charge in [-0.05, 0) is 30.7 Å². The molecule has 0 spiro atoms. The van der Waals surface area contributed by atoms with E-state index in [1.165, 1.54) is 30.2 Å². The Morgan fingerprint density at radius 1 is 1.47 bits per heavy atom. The van der Waals surface area contributed by atoms with Crippen LogP contribution in [0.5, 0.6) is 0 Å². The molecule has 0 aliphatic heterocycles. The van der Waals surface area contributed by atoms with Gasteiger partial charge >= 0.3 is 5.97 Å². The smallest absolute Gasteiger partial charge is 0.341 e. The van der Waals surface area contributed by atoms with Gasteiger partial charge in [0, 0.05) is 11.8 Å². The molecule has 1 heterocycles. The molecule has 2 rings (SSSR count). The molecule has 0 unspecified atom stereocenters. The minimum atomic E-state index is -0.351. The fraction of sp³-hybridized carbons (Fsp3) is 0.571. The van der Waals surface area contributed by atoms with Gasteiger partial charge in [0.25, 0.3) is 0 Å². The molecule has 0 aromatic carbocycles. The standard InChI is InChI=1S/C14H19NO3S/c1-4-9-5-6-10-11(7-9)19-13(15-8(2)16)12(10)14(17)18-3/h9H,4-7H2,1-3H3,(H,15,16)/t9-/m1/s1. The number of rotatable bonds is 3. The molecule has 1 aromatic heterocycles. The van der Waals surface area contributed by atoms with Gasteiger partial charge in [0.1, 0.15) is 5.00 Å². The number of thiophene rings is 1. The van der Waals surface area contributed by atoms with Crippen molar-refractivity contribution in [1.82, 2.24) is 0 Å². The molecule has 1 aliphatic rings. The van der Waals surface area contributed by atoms with Crippen LogP contribution >= 0.6 is 11.3 Å². The van der Waals surface area contributed by atoms with E-state index in [0.717, 1.165) is 31.2 Å². The SMILES string of the molecule is CC[C@@H]1CCc2c(sc(NC(C)=O)c2C(=O)OC)C1. The molecule has 1 N–H and O–H groups in total. The lowest BCUT2D eigenvalue weighted by Crippen LogP contribution is -2.15. The Bertz CT molecular complexity index is 507. The van der Waals surface area contributed by atoms with Gasteiger partial charge < -0.3 is 10.1 Å². The van der Waals surface area contributed by atoms with Crippen LogP contribution < -0.4 is 5.32 Å². The van der Waals surface area contributed by atoms with Gasteiger partial charge in [-0.1, -0.05) is 13.3 Å². The van der Waals surface area contributed by atoms with E-state index in [2.05, 4.69) is 12.2 Å². The van der Waals surface area contributed by atoms with Gasteiger partial charge in [0.05, 0.1) is 12.7 Å². The zero-order chi connectivity index (χ0) is 14.0. The van der Waals surface area contributed by atoms with Gasteiger partial charge in [-0.15, -0.1) is 11.3 Å². The lowest BCUT2D eigenvalue weighted by molar-refractivity contribution is -0.114. The number of anilines is 1. The van der Waals surface area contributed by atoms with Crippen molar-refractivity contribution in [2.45, 2.75) is 39.5 Å². The van der Waals surface area contributed by atoms with Crippen LogP contribution in [0.15, 0.2) is 0 Å². The van der Waals surface area contributed by atoms with Crippen molar-refractivity contribution < 1.29 is 14.3 Å². The zero-order valence-electron chi connectivity index (χ0n) is 11.5. The first-order chi connectivity index (χ1) is 9.06. The molecule has 0 saturated carbocycles. The van der Waals surface area contributed by atoms with E-state index in [1.807, 2.05) is 0 Å². The number of carbonyl (C=O) groups excluding carboxylic acids is 2. The quantitative estimate of drug-likeness (QED) is 0.866. The maximum atomic E-state index is 11.9. The van der Waals surface area contributed by atoms with E-state index in [0.29, 0.717) is 16.5 Å². The van der Waals surface area contributed by atoms with Crippen LogP contribution in [-0.2, 0) is 22.4 Å². The van der Waals surface area contributed by atoms with Crippen LogP contribution in [0.25, 0.3) is 0 Å². The van der Waals surface area contributed by atoms with Gasteiger partial charge in [-0.3, -0.25) is 4.79 Å². The number of carbonyl (C=O) groups is 2. The third-order valence-electron chi connectivity index (χ3n) is 3.62. The summed E-state index contributed by atoms with van der Waals surface area (Å²) in [6.45, 7) is 3.65. The maximum absolute atomic E-state index is 11.9. The number of fused-ring (bicyclic) bond motifs is 1. The van der Waals surface area contributed by atoms with Gasteiger partial charge in [-0.25, -0.2) is 4.79 Å². The second-order valence-electron chi connectivity index (χ2n) is 4.90. The van der Waals surface area contributed by atoms with E-state index in [4.69, 9.17) is 4.74 Å². The third kappa shape index (κ3) is 2.81. The van der Waals surface area contributed by atoms with Crippen LogP contribution in [0.4, 0.5) is 5.00 Å². The van der Waals surface area contributed by atoms with Crippen LogP contribution in [0, 0.1) is 5.92 Å². The zero-order valence-corrected chi connectivity index (χ0v) is 12.4. The number of methoxy groups -OCH3 is 1. The van der Waals surface area contributed by atoms with Gasteiger partial charge in [-0.2, -0.15) is 0 Å². The van der Waals surface area contributed by atoms with Crippen LogP contribution in [0.3, 0.4) is 0 Å². The number of amides is 1. The lowest BCUT2D eigenvalue weighted by atomic mass is 9.86. The molecule has 4 nitrogen and oxygen atoms in total. The summed E-state index contributed by atoms with van der Waals surface area (Å²) >= 11 is 1.52. The summed E-state index contributed by atoms with van der Waals surface area (Å²) in [6, 6.07) is 0. The van der Waals surface area contributed by atoms with Gasteiger partial charge in [0.15, 0.2) is 0 Å². The minimum Gasteiger partial charge on any atom is -0.465 e. The van der Waals surface area contributed by atoms with E-state index in [9.17, 15) is 9.59 Å². The highest BCUT2D eigenvalue weighted by atomic mass is 32.1. The summed E-state index contributed by atoms with van der Waals surface area (Å²) in [4.78, 5) is 24.4. The summed E-state index contributed by atoms with van der Waals surface area (Å²) in [6.07, 6.45) is 4.15. The molecule has 5 heteroatoms. The average molecular weight is 281 g/mol. The van der Waals surface area contributed by atoms with Crippen molar-refractivity contribution in [2.75, 3.05) is 12.4 Å². The molecule has 1 atom stereocenters. The fourth-order valence-electron chi connectivity index (χ4n) is 2.57. The van der Waals surface area contributed by atoms with Crippen LogP contribution in [0.2, 0.25) is 0 Å². The lowest BCUT2D eigenvalue weighted by Gasteiger charge is -2.20. The van der Waals surface area contributed by atoms with Crippen molar-refractivity contribution in [1.29, 1.82) is 0 Å². The predicted octanol–water partition coefficient (Wildman–Crippen LogP) is 3.01. The number of ether oxygens (including phenoxy) is 1. The molecule has 19 heavy (non-hydrogen) atoms. The molecule has 0 radical (unpaired) electrons. The van der Waals surface area contributed by atoms with E-state index >= 15 is 0 Å². The highest BCUT2D eigenvalue weighted by Gasteiger charge is 2.29. The first-order valence-electron chi connectivity index (χ1n) is 6.57. The monoisotopic (exact) mass is 281 g/mol. The first kappa shape index (κ1) is 14.1. The third-order valence-corrected chi connectivity index (χ3v) is 4.79. The number of hydrogen-bond acceptors (Lipinski definition) is 4. The van der Waals surface area contributed by atoms with Crippen LogP contribution in [-0.4, -0.2) is 19.0 Å². The summed E-state index contributed by atoms with van der Waals surface area (Å²) < 4.78 is 4.85. The van der Waals surface area contributed by atoms with Crippen molar-refractivity contribution in [3.63, 3.8) is 0 Å². The first-order valence-corrected chi connectivity index (χ1v) is 7.38.